The minimum Gasteiger partial charge on any atom is -0.463 e. The van der Waals surface area contributed by atoms with E-state index in [1.807, 2.05) is 6.07 Å². The van der Waals surface area contributed by atoms with Crippen molar-refractivity contribution in [3.8, 4) is 17.5 Å². The minimum atomic E-state index is -0.811. The number of ether oxygens (including phenoxy) is 1. The highest BCUT2D eigenvalue weighted by atomic mass is 35.5. The summed E-state index contributed by atoms with van der Waals surface area (Å²) in [6, 6.07) is 9.27. The monoisotopic (exact) mass is 369 g/mol. The van der Waals surface area contributed by atoms with Crippen molar-refractivity contribution in [3.05, 3.63) is 70.1 Å². The summed E-state index contributed by atoms with van der Waals surface area (Å²) in [5, 5.41) is 8.76. The van der Waals surface area contributed by atoms with Gasteiger partial charge >= 0.3 is 5.97 Å². The van der Waals surface area contributed by atoms with Crippen LogP contribution >= 0.6 is 11.6 Å². The lowest BCUT2D eigenvalue weighted by Gasteiger charge is -2.11. The summed E-state index contributed by atoms with van der Waals surface area (Å²) < 4.78 is 24.8. The van der Waals surface area contributed by atoms with E-state index in [1.165, 1.54) is 18.4 Å². The molecule has 3 heterocycles. The van der Waals surface area contributed by atoms with E-state index >= 15 is 0 Å². The molecule has 0 amide bonds. The van der Waals surface area contributed by atoms with Gasteiger partial charge in [-0.3, -0.25) is 0 Å². The lowest BCUT2D eigenvalue weighted by molar-refractivity contribution is 0.0381. The van der Waals surface area contributed by atoms with Crippen molar-refractivity contribution in [1.82, 2.24) is 9.97 Å². The Morgan fingerprint density at radius 1 is 1.31 bits per heavy atom. The molecular formula is C18H9ClFN3O3. The molecule has 128 valence electrons. The predicted molar refractivity (Wildman–Crippen MR) is 87.7 cm³/mol. The molecule has 4 rings (SSSR count). The number of carbonyl (C=O) groups excluding carboxylic acids is 1. The van der Waals surface area contributed by atoms with Crippen LogP contribution < -0.4 is 0 Å². The average Bonchev–Trinajstić information content (AvgIpc) is 3.25. The molecule has 1 unspecified atom stereocenters. The molecule has 6 nitrogen and oxygen atoms in total. The number of halogens is 2. The third kappa shape index (κ3) is 2.70. The average molecular weight is 370 g/mol. The fourth-order valence-electron chi connectivity index (χ4n) is 2.84. The molecule has 1 aliphatic heterocycles. The highest BCUT2D eigenvalue weighted by molar-refractivity contribution is 6.28. The van der Waals surface area contributed by atoms with Gasteiger partial charge < -0.3 is 9.15 Å². The van der Waals surface area contributed by atoms with Gasteiger partial charge in [-0.1, -0.05) is 6.07 Å². The zero-order valence-corrected chi connectivity index (χ0v) is 13.8. The molecule has 0 aliphatic carbocycles. The second kappa shape index (κ2) is 6.24. The molecule has 1 atom stereocenters. The standard InChI is InChI=1S/C18H9ClFN3O3/c19-18-22-15(12-2-1-5-25-12)14-16(23-18)13(26-17(14)24)7-10-4-3-9(8-21)6-11(10)20/h1-6,13H,7H2. The van der Waals surface area contributed by atoms with Gasteiger partial charge in [0.05, 0.1) is 17.9 Å². The van der Waals surface area contributed by atoms with Crippen molar-refractivity contribution < 1.29 is 18.3 Å². The first-order valence-corrected chi connectivity index (χ1v) is 7.95. The molecule has 0 spiro atoms. The Bertz CT molecular complexity index is 1060. The Hall–Kier alpha value is -3.24. The van der Waals surface area contributed by atoms with Crippen LogP contribution in [0.2, 0.25) is 5.28 Å². The third-order valence-corrected chi connectivity index (χ3v) is 4.18. The molecule has 1 aromatic carbocycles. The molecule has 0 saturated carbocycles. The van der Waals surface area contributed by atoms with E-state index < -0.39 is 17.9 Å². The molecule has 8 heteroatoms. The van der Waals surface area contributed by atoms with Crippen LogP contribution in [0.15, 0.2) is 41.0 Å². The second-order valence-electron chi connectivity index (χ2n) is 5.59. The predicted octanol–water partition coefficient (Wildman–Crippen LogP) is 3.85. The molecule has 2 aromatic heterocycles. The van der Waals surface area contributed by atoms with Gasteiger partial charge in [-0.15, -0.1) is 0 Å². The minimum absolute atomic E-state index is 0.0568. The number of hydrogen-bond donors (Lipinski definition) is 0. The number of furan rings is 1. The molecule has 0 bridgehead atoms. The molecular weight excluding hydrogens is 361 g/mol. The van der Waals surface area contributed by atoms with Crippen molar-refractivity contribution >= 4 is 17.6 Å². The summed E-state index contributed by atoms with van der Waals surface area (Å²) in [6.45, 7) is 0. The number of aromatic nitrogens is 2. The molecule has 1 aliphatic rings. The zero-order valence-electron chi connectivity index (χ0n) is 13.1. The number of nitrogens with zero attached hydrogens (tertiary/aromatic N) is 3. The first kappa shape index (κ1) is 16.2. The van der Waals surface area contributed by atoms with Gasteiger partial charge in [0.2, 0.25) is 5.28 Å². The van der Waals surface area contributed by atoms with Crippen LogP contribution in [0.3, 0.4) is 0 Å². The van der Waals surface area contributed by atoms with Gasteiger partial charge in [-0.2, -0.15) is 5.26 Å². The lowest BCUT2D eigenvalue weighted by Crippen LogP contribution is -2.06. The molecule has 0 radical (unpaired) electrons. The highest BCUT2D eigenvalue weighted by Gasteiger charge is 2.37. The van der Waals surface area contributed by atoms with Crippen molar-refractivity contribution in [1.29, 1.82) is 5.26 Å². The highest BCUT2D eigenvalue weighted by Crippen LogP contribution is 2.38. The van der Waals surface area contributed by atoms with Crippen LogP contribution in [0.25, 0.3) is 11.5 Å². The summed E-state index contributed by atoms with van der Waals surface area (Å²) in [5.41, 5.74) is 1.18. The first-order valence-electron chi connectivity index (χ1n) is 7.57. The number of hydrogen-bond acceptors (Lipinski definition) is 6. The van der Waals surface area contributed by atoms with Crippen molar-refractivity contribution in [2.75, 3.05) is 0 Å². The van der Waals surface area contributed by atoms with Gasteiger partial charge in [-0.05, 0) is 41.4 Å². The maximum Gasteiger partial charge on any atom is 0.343 e. The van der Waals surface area contributed by atoms with Crippen LogP contribution in [0.4, 0.5) is 4.39 Å². The van der Waals surface area contributed by atoms with Crippen LogP contribution in [0, 0.1) is 17.1 Å². The fraction of sp³-hybridized carbons (Fsp3) is 0.111. The Labute approximate surface area is 151 Å². The van der Waals surface area contributed by atoms with E-state index in [2.05, 4.69) is 9.97 Å². The first-order chi connectivity index (χ1) is 12.6. The number of fused-ring (bicyclic) bond motifs is 1. The number of esters is 1. The Balaban J connectivity index is 1.75. The number of carbonyl (C=O) groups is 1. The number of nitriles is 1. The zero-order chi connectivity index (χ0) is 18.3. The Kier molecular flexibility index (Phi) is 3.90. The molecule has 0 saturated heterocycles. The van der Waals surface area contributed by atoms with E-state index in [0.717, 1.165) is 6.07 Å². The lowest BCUT2D eigenvalue weighted by atomic mass is 10.0. The molecule has 0 fully saturated rings. The van der Waals surface area contributed by atoms with Crippen LogP contribution in [0.5, 0.6) is 0 Å². The summed E-state index contributed by atoms with van der Waals surface area (Å²) in [7, 11) is 0. The quantitative estimate of drug-likeness (QED) is 0.514. The molecule has 0 N–H and O–H groups in total. The largest absolute Gasteiger partial charge is 0.463 e. The number of cyclic esters (lactones) is 1. The van der Waals surface area contributed by atoms with Crippen molar-refractivity contribution in [2.24, 2.45) is 0 Å². The Morgan fingerprint density at radius 3 is 2.85 bits per heavy atom. The maximum absolute atomic E-state index is 14.2. The van der Waals surface area contributed by atoms with Gasteiger partial charge in [0.15, 0.2) is 5.76 Å². The van der Waals surface area contributed by atoms with E-state index in [0.29, 0.717) is 11.3 Å². The van der Waals surface area contributed by atoms with Crippen LogP contribution in [-0.2, 0) is 11.2 Å². The topological polar surface area (TPSA) is 89.0 Å². The normalized spacial score (nSPS) is 15.4. The van der Waals surface area contributed by atoms with Crippen molar-refractivity contribution in [3.63, 3.8) is 0 Å². The van der Waals surface area contributed by atoms with E-state index in [-0.39, 0.29) is 34.2 Å². The van der Waals surface area contributed by atoms with Crippen LogP contribution in [-0.4, -0.2) is 15.9 Å². The SMILES string of the molecule is N#Cc1ccc(CC2OC(=O)c3c(-c4ccco4)nc(Cl)nc32)c(F)c1. The summed E-state index contributed by atoms with van der Waals surface area (Å²) >= 11 is 5.99. The maximum atomic E-state index is 14.2. The number of benzene rings is 1. The van der Waals surface area contributed by atoms with Crippen LogP contribution in [0.1, 0.15) is 33.3 Å². The Morgan fingerprint density at radius 2 is 2.15 bits per heavy atom. The van der Waals surface area contributed by atoms with Crippen molar-refractivity contribution in [2.45, 2.75) is 12.5 Å². The fourth-order valence-corrected chi connectivity index (χ4v) is 3.02. The molecule has 26 heavy (non-hydrogen) atoms. The second-order valence-corrected chi connectivity index (χ2v) is 5.93. The summed E-state index contributed by atoms with van der Waals surface area (Å²) in [6.07, 6.45) is 0.692. The van der Waals surface area contributed by atoms with Gasteiger partial charge in [-0.25, -0.2) is 19.2 Å². The van der Waals surface area contributed by atoms with Gasteiger partial charge in [0, 0.05) is 6.42 Å². The molecule has 3 aromatic rings. The van der Waals surface area contributed by atoms with Gasteiger partial charge in [0.1, 0.15) is 28.9 Å². The van der Waals surface area contributed by atoms with Gasteiger partial charge in [0.25, 0.3) is 0 Å². The van der Waals surface area contributed by atoms with E-state index in [4.69, 9.17) is 26.0 Å². The summed E-state index contributed by atoms with van der Waals surface area (Å²) in [5.74, 6) is -0.824. The number of rotatable bonds is 3. The van der Waals surface area contributed by atoms with E-state index in [9.17, 15) is 9.18 Å². The smallest absolute Gasteiger partial charge is 0.343 e. The third-order valence-electron chi connectivity index (χ3n) is 4.01. The summed E-state index contributed by atoms with van der Waals surface area (Å²) in [4.78, 5) is 20.5. The van der Waals surface area contributed by atoms with E-state index in [1.54, 1.807) is 12.1 Å².